The van der Waals surface area contributed by atoms with Crippen LogP contribution in [0.4, 0.5) is 0 Å². The SMILES string of the molecule is CCCc1ccc(-c2ccc(CCc3ccc(OCC)cc3)cc2)cc1. The molecular formula is C25H28O. The Morgan fingerprint density at radius 3 is 1.38 bits per heavy atom. The lowest BCUT2D eigenvalue weighted by molar-refractivity contribution is 0.340. The Bertz CT molecular complexity index is 783. The fourth-order valence-corrected chi connectivity index (χ4v) is 3.22. The van der Waals surface area contributed by atoms with Crippen molar-refractivity contribution in [1.29, 1.82) is 0 Å². The highest BCUT2D eigenvalue weighted by Gasteiger charge is 2.01. The second kappa shape index (κ2) is 9.24. The maximum Gasteiger partial charge on any atom is 0.119 e. The van der Waals surface area contributed by atoms with Gasteiger partial charge in [-0.2, -0.15) is 0 Å². The van der Waals surface area contributed by atoms with Crippen LogP contribution >= 0.6 is 0 Å². The molecule has 3 rings (SSSR count). The highest BCUT2D eigenvalue weighted by Crippen LogP contribution is 2.21. The van der Waals surface area contributed by atoms with Crippen molar-refractivity contribution in [2.24, 2.45) is 0 Å². The number of ether oxygens (including phenoxy) is 1. The van der Waals surface area contributed by atoms with Gasteiger partial charge in [0.1, 0.15) is 5.75 Å². The van der Waals surface area contributed by atoms with E-state index in [-0.39, 0.29) is 0 Å². The van der Waals surface area contributed by atoms with Gasteiger partial charge in [-0.25, -0.2) is 0 Å². The van der Waals surface area contributed by atoms with Crippen molar-refractivity contribution in [3.8, 4) is 16.9 Å². The van der Waals surface area contributed by atoms with Gasteiger partial charge in [0, 0.05) is 0 Å². The molecule has 0 saturated carbocycles. The van der Waals surface area contributed by atoms with Crippen LogP contribution in [0, 0.1) is 0 Å². The van der Waals surface area contributed by atoms with Gasteiger partial charge in [0.2, 0.25) is 0 Å². The van der Waals surface area contributed by atoms with E-state index < -0.39 is 0 Å². The number of aryl methyl sites for hydroxylation is 3. The minimum Gasteiger partial charge on any atom is -0.494 e. The zero-order valence-corrected chi connectivity index (χ0v) is 15.9. The second-order valence-electron chi connectivity index (χ2n) is 6.72. The largest absolute Gasteiger partial charge is 0.494 e. The summed E-state index contributed by atoms with van der Waals surface area (Å²) in [6.45, 7) is 4.95. The Morgan fingerprint density at radius 1 is 0.538 bits per heavy atom. The predicted molar refractivity (Wildman–Crippen MR) is 111 cm³/mol. The van der Waals surface area contributed by atoms with E-state index in [4.69, 9.17) is 4.74 Å². The lowest BCUT2D eigenvalue weighted by atomic mass is 9.99. The summed E-state index contributed by atoms with van der Waals surface area (Å²) in [4.78, 5) is 0. The summed E-state index contributed by atoms with van der Waals surface area (Å²) in [5.74, 6) is 0.950. The van der Waals surface area contributed by atoms with E-state index in [2.05, 4.69) is 79.7 Å². The van der Waals surface area contributed by atoms with Gasteiger partial charge in [-0.3, -0.25) is 0 Å². The Morgan fingerprint density at radius 2 is 0.962 bits per heavy atom. The van der Waals surface area contributed by atoms with Gasteiger partial charge in [0.25, 0.3) is 0 Å². The van der Waals surface area contributed by atoms with Crippen LogP contribution in [0.3, 0.4) is 0 Å². The fraction of sp³-hybridized carbons (Fsp3) is 0.280. The van der Waals surface area contributed by atoms with Crippen molar-refractivity contribution in [2.75, 3.05) is 6.61 Å². The zero-order chi connectivity index (χ0) is 18.2. The molecule has 0 aliphatic rings. The van der Waals surface area contributed by atoms with Crippen LogP contribution in [-0.2, 0) is 19.3 Å². The molecule has 0 aliphatic heterocycles. The quantitative estimate of drug-likeness (QED) is 0.454. The molecule has 0 atom stereocenters. The number of benzene rings is 3. The maximum atomic E-state index is 5.50. The van der Waals surface area contributed by atoms with Crippen molar-refractivity contribution < 1.29 is 4.74 Å². The third-order valence-electron chi connectivity index (χ3n) is 4.72. The van der Waals surface area contributed by atoms with E-state index in [1.54, 1.807) is 0 Å². The molecule has 0 unspecified atom stereocenters. The van der Waals surface area contributed by atoms with Gasteiger partial charge in [-0.1, -0.05) is 74.0 Å². The molecule has 3 aromatic carbocycles. The van der Waals surface area contributed by atoms with Gasteiger partial charge in [0.05, 0.1) is 6.61 Å². The molecule has 134 valence electrons. The highest BCUT2D eigenvalue weighted by atomic mass is 16.5. The zero-order valence-electron chi connectivity index (χ0n) is 15.9. The first kappa shape index (κ1) is 18.3. The van der Waals surface area contributed by atoms with Gasteiger partial charge >= 0.3 is 0 Å². The average Bonchev–Trinajstić information content (AvgIpc) is 2.69. The molecule has 0 radical (unpaired) electrons. The van der Waals surface area contributed by atoms with E-state index >= 15 is 0 Å². The van der Waals surface area contributed by atoms with E-state index in [0.29, 0.717) is 6.61 Å². The average molecular weight is 344 g/mol. The normalized spacial score (nSPS) is 10.7. The molecular weight excluding hydrogens is 316 g/mol. The molecule has 1 nitrogen and oxygen atoms in total. The Labute approximate surface area is 157 Å². The summed E-state index contributed by atoms with van der Waals surface area (Å²) >= 11 is 0. The van der Waals surface area contributed by atoms with Crippen LogP contribution in [0.15, 0.2) is 72.8 Å². The first-order chi connectivity index (χ1) is 12.8. The van der Waals surface area contributed by atoms with Gasteiger partial charge in [0.15, 0.2) is 0 Å². The number of hydrogen-bond donors (Lipinski definition) is 0. The molecule has 0 spiro atoms. The first-order valence-corrected chi connectivity index (χ1v) is 9.68. The van der Waals surface area contributed by atoms with Gasteiger partial charge in [-0.05, 0) is 66.1 Å². The minimum atomic E-state index is 0.715. The third kappa shape index (κ3) is 4.98. The molecule has 0 fully saturated rings. The van der Waals surface area contributed by atoms with Crippen LogP contribution in [0.25, 0.3) is 11.1 Å². The van der Waals surface area contributed by atoms with Gasteiger partial charge < -0.3 is 4.74 Å². The molecule has 0 N–H and O–H groups in total. The van der Waals surface area contributed by atoms with Crippen molar-refractivity contribution >= 4 is 0 Å². The highest BCUT2D eigenvalue weighted by molar-refractivity contribution is 5.64. The summed E-state index contributed by atoms with van der Waals surface area (Å²) in [7, 11) is 0. The summed E-state index contributed by atoms with van der Waals surface area (Å²) in [5, 5.41) is 0. The Balaban J connectivity index is 1.58. The smallest absolute Gasteiger partial charge is 0.119 e. The fourth-order valence-electron chi connectivity index (χ4n) is 3.22. The number of hydrogen-bond acceptors (Lipinski definition) is 1. The van der Waals surface area contributed by atoms with Crippen LogP contribution in [0.2, 0.25) is 0 Å². The summed E-state index contributed by atoms with van der Waals surface area (Å²) in [6, 6.07) is 26.4. The molecule has 26 heavy (non-hydrogen) atoms. The van der Waals surface area contributed by atoms with E-state index in [9.17, 15) is 0 Å². The molecule has 1 heteroatoms. The molecule has 0 amide bonds. The van der Waals surface area contributed by atoms with Crippen LogP contribution in [0.1, 0.15) is 37.0 Å². The predicted octanol–water partition coefficient (Wildman–Crippen LogP) is 6.49. The molecule has 0 saturated heterocycles. The van der Waals surface area contributed by atoms with Crippen LogP contribution in [0.5, 0.6) is 5.75 Å². The maximum absolute atomic E-state index is 5.50. The molecule has 3 aromatic rings. The second-order valence-corrected chi connectivity index (χ2v) is 6.72. The van der Waals surface area contributed by atoms with Crippen molar-refractivity contribution in [1.82, 2.24) is 0 Å². The minimum absolute atomic E-state index is 0.715. The first-order valence-electron chi connectivity index (χ1n) is 9.68. The van der Waals surface area contributed by atoms with Crippen molar-refractivity contribution in [2.45, 2.75) is 39.5 Å². The van der Waals surface area contributed by atoms with Crippen molar-refractivity contribution in [3.05, 3.63) is 89.5 Å². The van der Waals surface area contributed by atoms with Crippen LogP contribution in [-0.4, -0.2) is 6.61 Å². The number of rotatable bonds is 8. The third-order valence-corrected chi connectivity index (χ3v) is 4.72. The monoisotopic (exact) mass is 344 g/mol. The molecule has 0 heterocycles. The van der Waals surface area contributed by atoms with Gasteiger partial charge in [-0.15, -0.1) is 0 Å². The van der Waals surface area contributed by atoms with E-state index in [1.807, 2.05) is 6.92 Å². The summed E-state index contributed by atoms with van der Waals surface area (Å²) < 4.78 is 5.50. The lowest BCUT2D eigenvalue weighted by Gasteiger charge is -2.07. The topological polar surface area (TPSA) is 9.23 Å². The Hall–Kier alpha value is -2.54. The standard InChI is InChI=1S/C25H28O/c1-3-5-20-8-14-23(15-9-20)24-16-10-21(11-17-24)6-7-22-12-18-25(19-13-22)26-4-2/h8-19H,3-7H2,1-2H3. The molecule has 0 bridgehead atoms. The molecule has 0 aromatic heterocycles. The molecule has 0 aliphatic carbocycles. The van der Waals surface area contributed by atoms with E-state index in [1.165, 1.54) is 34.2 Å². The Kier molecular flexibility index (Phi) is 6.49. The van der Waals surface area contributed by atoms with Crippen LogP contribution < -0.4 is 4.74 Å². The lowest BCUT2D eigenvalue weighted by Crippen LogP contribution is -1.94. The summed E-state index contributed by atoms with van der Waals surface area (Å²) in [5.41, 5.74) is 6.73. The van der Waals surface area contributed by atoms with E-state index in [0.717, 1.165) is 25.0 Å². The summed E-state index contributed by atoms with van der Waals surface area (Å²) in [6.07, 6.45) is 4.47. The van der Waals surface area contributed by atoms with Crippen molar-refractivity contribution in [3.63, 3.8) is 0 Å².